The topological polar surface area (TPSA) is 32.8 Å². The van der Waals surface area contributed by atoms with Gasteiger partial charge in [-0.25, -0.2) is 4.39 Å². The van der Waals surface area contributed by atoms with Gasteiger partial charge in [-0.3, -0.25) is 0 Å². The molecule has 0 aromatic heterocycles. The Morgan fingerprint density at radius 3 is 1.32 bits per heavy atom. The second-order valence-electron chi connectivity index (χ2n) is 5.65. The van der Waals surface area contributed by atoms with E-state index in [1.807, 2.05) is 0 Å². The van der Waals surface area contributed by atoms with E-state index in [1.165, 1.54) is 0 Å². The van der Waals surface area contributed by atoms with Gasteiger partial charge in [-0.1, -0.05) is 0 Å². The van der Waals surface area contributed by atoms with Crippen molar-refractivity contribution in [1.82, 2.24) is 0 Å². The highest BCUT2D eigenvalue weighted by molar-refractivity contribution is 5.15. The zero-order valence-electron chi connectivity index (χ0n) is 12.6. The maximum absolute atomic E-state index is 13.4. The summed E-state index contributed by atoms with van der Waals surface area (Å²) < 4.78 is 200. The van der Waals surface area contributed by atoms with E-state index >= 15 is 0 Å². The molecule has 1 heterocycles. The van der Waals surface area contributed by atoms with Crippen molar-refractivity contribution in [3.8, 4) is 0 Å². The molecule has 1 saturated heterocycles. The fraction of sp³-hybridized carbons (Fsp3) is 1.00. The molecule has 0 aliphatic carbocycles. The number of hydrogen-bond donors (Lipinski definition) is 1. The van der Waals surface area contributed by atoms with Gasteiger partial charge >= 0.3 is 41.5 Å². The van der Waals surface area contributed by atoms with Crippen LogP contribution in [0, 0.1) is 0 Å². The first kappa shape index (κ1) is 24.9. The molecule has 1 rings (SSSR count). The number of ether oxygens (including phenoxy) is 1. The Hall–Kier alpha value is -1.13. The molecule has 1 aliphatic rings. The Morgan fingerprint density at radius 1 is 0.679 bits per heavy atom. The predicted molar refractivity (Wildman–Crippen MR) is 56.4 cm³/mol. The van der Waals surface area contributed by atoms with E-state index in [1.54, 1.807) is 0 Å². The summed E-state index contributed by atoms with van der Waals surface area (Å²) in [6.07, 6.45) is -6.30. The van der Waals surface area contributed by atoms with Crippen LogP contribution < -0.4 is 0 Å². The van der Waals surface area contributed by atoms with Crippen molar-refractivity contribution in [2.75, 3.05) is 13.3 Å². The van der Waals surface area contributed by atoms with Crippen LogP contribution in [-0.2, 0) is 4.74 Å². The average Bonchev–Trinajstić information content (AvgIpc) is 3.37. The monoisotopic (exact) mass is 456 g/mol. The molecule has 1 aliphatic heterocycles. The Balaban J connectivity index is 3.51. The molecular weight excluding hydrogens is 449 g/mol. The van der Waals surface area contributed by atoms with Crippen molar-refractivity contribution in [2.45, 2.75) is 53.7 Å². The van der Waals surface area contributed by atoms with Gasteiger partial charge in [0.15, 0.2) is 12.8 Å². The molecule has 0 bridgehead atoms. The molecule has 2 unspecified atom stereocenters. The Labute approximate surface area is 144 Å². The van der Waals surface area contributed by atoms with E-state index in [9.17, 15) is 65.9 Å². The van der Waals surface area contributed by atoms with Crippen LogP contribution in [0.3, 0.4) is 0 Å². The highest BCUT2D eigenvalue weighted by Crippen LogP contribution is 2.62. The number of hydrogen-bond acceptors (Lipinski definition) is 2. The third-order valence-electron chi connectivity index (χ3n) is 3.71. The number of epoxide rings is 1. The first-order valence-electron chi connectivity index (χ1n) is 6.58. The summed E-state index contributed by atoms with van der Waals surface area (Å²) in [7, 11) is 0. The van der Waals surface area contributed by atoms with Gasteiger partial charge in [-0.2, -0.15) is 61.5 Å². The smallest absolute Gasteiger partial charge is 0.384 e. The molecule has 2 nitrogen and oxygen atoms in total. The van der Waals surface area contributed by atoms with Gasteiger partial charge in [-0.15, -0.1) is 0 Å². The summed E-state index contributed by atoms with van der Waals surface area (Å²) in [6, 6.07) is 0. The first-order valence-corrected chi connectivity index (χ1v) is 6.58. The van der Waals surface area contributed by atoms with E-state index in [2.05, 4.69) is 4.74 Å². The van der Waals surface area contributed by atoms with Crippen LogP contribution in [0.15, 0.2) is 0 Å². The molecule has 2 atom stereocenters. The SMILES string of the molecule is OC(C1CO1)C(F)(F)C(F)(F)C(F)(F)C(F)(F)C(F)(F)C(F)(F)C(F)(F)CF. The lowest BCUT2D eigenvalue weighted by molar-refractivity contribution is -0.446. The maximum Gasteiger partial charge on any atom is 0.384 e. The normalized spacial score (nSPS) is 21.6. The third kappa shape index (κ3) is 2.99. The molecule has 0 radical (unpaired) electrons. The van der Waals surface area contributed by atoms with Crippen LogP contribution in [0.25, 0.3) is 0 Å². The van der Waals surface area contributed by atoms with Crippen molar-refractivity contribution >= 4 is 0 Å². The lowest BCUT2D eigenvalue weighted by Crippen LogP contribution is -2.74. The van der Waals surface area contributed by atoms with E-state index in [-0.39, 0.29) is 0 Å². The van der Waals surface area contributed by atoms with Crippen LogP contribution in [0.2, 0.25) is 0 Å². The number of alkyl halides is 15. The summed E-state index contributed by atoms with van der Waals surface area (Å²) in [5.74, 6) is -53.4. The molecule has 168 valence electrons. The number of rotatable bonds is 9. The van der Waals surface area contributed by atoms with E-state index < -0.39 is 66.9 Å². The summed E-state index contributed by atoms with van der Waals surface area (Å²) in [4.78, 5) is 0. The molecule has 17 heteroatoms. The van der Waals surface area contributed by atoms with Gasteiger partial charge in [0.2, 0.25) is 0 Å². The minimum atomic E-state index is -8.28. The molecular formula is C11H7F15O2. The second kappa shape index (κ2) is 6.43. The summed E-state index contributed by atoms with van der Waals surface area (Å²) >= 11 is 0. The number of aliphatic hydroxyl groups excluding tert-OH is 1. The molecule has 28 heavy (non-hydrogen) atoms. The summed E-state index contributed by atoms with van der Waals surface area (Å²) in [6.45, 7) is -4.78. The Bertz CT molecular complexity index is 583. The molecule has 0 aromatic carbocycles. The highest BCUT2D eigenvalue weighted by atomic mass is 19.4. The molecule has 0 aromatic rings. The first-order chi connectivity index (χ1) is 12.1. The van der Waals surface area contributed by atoms with Crippen LogP contribution >= 0.6 is 0 Å². The standard InChI is InChI=1S/C11H7F15O2/c12-2-5(13,14)7(17,18)9(21,22)11(25,26)10(23,24)8(19,20)6(15,16)4(27)3-1-28-3/h3-4,27H,1-2H2. The molecule has 0 amide bonds. The maximum atomic E-state index is 13.4. The van der Waals surface area contributed by atoms with Crippen LogP contribution in [0.4, 0.5) is 65.9 Å². The highest BCUT2D eigenvalue weighted by Gasteiger charge is 2.93. The van der Waals surface area contributed by atoms with Crippen LogP contribution in [0.1, 0.15) is 0 Å². The minimum Gasteiger partial charge on any atom is -0.384 e. The van der Waals surface area contributed by atoms with Gasteiger partial charge < -0.3 is 9.84 Å². The summed E-state index contributed by atoms with van der Waals surface area (Å²) in [5.41, 5.74) is 0. The van der Waals surface area contributed by atoms with Gasteiger partial charge in [0.05, 0.1) is 6.61 Å². The van der Waals surface area contributed by atoms with Crippen molar-refractivity contribution < 1.29 is 75.7 Å². The van der Waals surface area contributed by atoms with E-state index in [0.29, 0.717) is 0 Å². The molecule has 0 saturated carbocycles. The lowest BCUT2D eigenvalue weighted by atomic mass is 9.87. The molecule has 0 spiro atoms. The quantitative estimate of drug-likeness (QED) is 0.418. The Morgan fingerprint density at radius 2 is 1.00 bits per heavy atom. The zero-order valence-corrected chi connectivity index (χ0v) is 12.6. The van der Waals surface area contributed by atoms with Gasteiger partial charge in [0.25, 0.3) is 0 Å². The van der Waals surface area contributed by atoms with E-state index in [4.69, 9.17) is 5.11 Å². The fourth-order valence-electron chi connectivity index (χ4n) is 1.77. The van der Waals surface area contributed by atoms with Gasteiger partial charge in [0, 0.05) is 0 Å². The predicted octanol–water partition coefficient (Wildman–Crippen LogP) is 4.16. The molecule has 1 N–H and O–H groups in total. The fourth-order valence-corrected chi connectivity index (χ4v) is 1.77. The van der Waals surface area contributed by atoms with Gasteiger partial charge in [-0.05, 0) is 0 Å². The van der Waals surface area contributed by atoms with Crippen LogP contribution in [-0.4, -0.2) is 72.1 Å². The van der Waals surface area contributed by atoms with Crippen molar-refractivity contribution in [1.29, 1.82) is 0 Å². The van der Waals surface area contributed by atoms with E-state index in [0.717, 1.165) is 0 Å². The summed E-state index contributed by atoms with van der Waals surface area (Å²) in [5, 5.41) is 8.77. The largest absolute Gasteiger partial charge is 0.384 e. The lowest BCUT2D eigenvalue weighted by Gasteiger charge is -2.42. The third-order valence-corrected chi connectivity index (χ3v) is 3.71. The number of aliphatic hydroxyl groups is 1. The van der Waals surface area contributed by atoms with Crippen molar-refractivity contribution in [3.05, 3.63) is 0 Å². The zero-order chi connectivity index (χ0) is 22.8. The minimum absolute atomic E-state index is 0.967. The van der Waals surface area contributed by atoms with Crippen molar-refractivity contribution in [2.24, 2.45) is 0 Å². The van der Waals surface area contributed by atoms with Gasteiger partial charge in [0.1, 0.15) is 6.10 Å². The Kier molecular flexibility index (Phi) is 5.72. The number of halogens is 15. The van der Waals surface area contributed by atoms with Crippen molar-refractivity contribution in [3.63, 3.8) is 0 Å². The van der Waals surface area contributed by atoms with Crippen LogP contribution in [0.5, 0.6) is 0 Å². The molecule has 1 fully saturated rings. The average molecular weight is 456 g/mol. The second-order valence-corrected chi connectivity index (χ2v) is 5.65.